The van der Waals surface area contributed by atoms with Gasteiger partial charge in [-0.1, -0.05) is 54.6 Å². The Bertz CT molecular complexity index is 2750. The van der Waals surface area contributed by atoms with E-state index in [0.717, 1.165) is 93.8 Å². The molecule has 0 fully saturated rings. The van der Waals surface area contributed by atoms with Crippen molar-refractivity contribution in [1.82, 2.24) is 4.98 Å². The summed E-state index contributed by atoms with van der Waals surface area (Å²) in [5.41, 5.74) is 8.96. The molecule has 4 aromatic heterocycles. The lowest BCUT2D eigenvalue weighted by Gasteiger charge is -2.25. The van der Waals surface area contributed by atoms with Gasteiger partial charge in [0.25, 0.3) is 0 Å². The lowest BCUT2D eigenvalue weighted by molar-refractivity contribution is 0.668. The first-order valence-corrected chi connectivity index (χ1v) is 14.6. The Labute approximate surface area is 250 Å². The van der Waals surface area contributed by atoms with Crippen LogP contribution in [-0.4, -0.2) is 4.98 Å². The third-order valence-corrected chi connectivity index (χ3v) is 8.67. The lowest BCUT2D eigenvalue weighted by Crippen LogP contribution is -2.10. The first-order valence-electron chi connectivity index (χ1n) is 14.6. The largest absolute Gasteiger partial charge is 0.456 e. The van der Waals surface area contributed by atoms with E-state index in [9.17, 15) is 0 Å². The third kappa shape index (κ3) is 3.32. The number of hydrogen-bond acceptors (Lipinski definition) is 5. The smallest absolute Gasteiger partial charge is 0.137 e. The second kappa shape index (κ2) is 8.72. The molecule has 0 bridgehead atoms. The molecular formula is C39H22N2O3. The number of anilines is 3. The molecule has 0 unspecified atom stereocenters. The molecule has 5 nitrogen and oxygen atoms in total. The molecule has 0 N–H and O–H groups in total. The highest BCUT2D eigenvalue weighted by atomic mass is 16.3. The first kappa shape index (κ1) is 23.5. The van der Waals surface area contributed by atoms with E-state index in [4.69, 9.17) is 18.2 Å². The molecular weight excluding hydrogens is 544 g/mol. The van der Waals surface area contributed by atoms with Crippen LogP contribution in [0.15, 0.2) is 147 Å². The monoisotopic (exact) mass is 566 g/mol. The van der Waals surface area contributed by atoms with Crippen LogP contribution in [0.2, 0.25) is 0 Å². The van der Waals surface area contributed by atoms with Crippen molar-refractivity contribution in [1.29, 1.82) is 0 Å². The molecule has 0 aliphatic heterocycles. The van der Waals surface area contributed by atoms with E-state index in [-0.39, 0.29) is 0 Å². The van der Waals surface area contributed by atoms with E-state index in [1.807, 2.05) is 72.9 Å². The van der Waals surface area contributed by atoms with Gasteiger partial charge in [0.1, 0.15) is 33.5 Å². The fourth-order valence-electron chi connectivity index (χ4n) is 6.67. The Morgan fingerprint density at radius 2 is 0.977 bits per heavy atom. The van der Waals surface area contributed by atoms with Crippen LogP contribution in [-0.2, 0) is 0 Å². The fourth-order valence-corrected chi connectivity index (χ4v) is 6.67. The van der Waals surface area contributed by atoms with E-state index < -0.39 is 0 Å². The van der Waals surface area contributed by atoms with Gasteiger partial charge in [0.15, 0.2) is 0 Å². The number of fused-ring (bicyclic) bond motifs is 11. The minimum atomic E-state index is 0.837. The highest BCUT2D eigenvalue weighted by Gasteiger charge is 2.19. The molecule has 0 spiro atoms. The molecule has 0 aliphatic rings. The minimum Gasteiger partial charge on any atom is -0.456 e. The van der Waals surface area contributed by atoms with Gasteiger partial charge in [0.2, 0.25) is 0 Å². The maximum absolute atomic E-state index is 6.31. The highest BCUT2D eigenvalue weighted by molar-refractivity contribution is 6.17. The van der Waals surface area contributed by atoms with Gasteiger partial charge in [-0.25, -0.2) is 0 Å². The van der Waals surface area contributed by atoms with Crippen molar-refractivity contribution in [2.24, 2.45) is 0 Å². The molecule has 0 saturated carbocycles. The van der Waals surface area contributed by atoms with Crippen molar-refractivity contribution in [2.45, 2.75) is 0 Å². The van der Waals surface area contributed by atoms with Gasteiger partial charge in [0, 0.05) is 49.8 Å². The molecule has 0 saturated heterocycles. The summed E-state index contributed by atoms with van der Waals surface area (Å²) < 4.78 is 18.6. The van der Waals surface area contributed by atoms with Gasteiger partial charge >= 0.3 is 0 Å². The lowest BCUT2D eigenvalue weighted by atomic mass is 10.1. The minimum absolute atomic E-state index is 0.837. The number of para-hydroxylation sites is 3. The maximum atomic E-state index is 6.31. The van der Waals surface area contributed by atoms with Crippen LogP contribution >= 0.6 is 0 Å². The van der Waals surface area contributed by atoms with Crippen molar-refractivity contribution in [3.63, 3.8) is 0 Å². The van der Waals surface area contributed by atoms with Crippen LogP contribution in [0.4, 0.5) is 17.1 Å². The molecule has 0 atom stereocenters. The van der Waals surface area contributed by atoms with Gasteiger partial charge < -0.3 is 18.2 Å². The van der Waals surface area contributed by atoms with Gasteiger partial charge in [-0.2, -0.15) is 0 Å². The van der Waals surface area contributed by atoms with Crippen LogP contribution in [0.5, 0.6) is 0 Å². The van der Waals surface area contributed by atoms with E-state index in [1.54, 1.807) is 0 Å². The van der Waals surface area contributed by atoms with Gasteiger partial charge in [-0.05, 0) is 66.7 Å². The Balaban J connectivity index is 1.22. The van der Waals surface area contributed by atoms with E-state index in [0.29, 0.717) is 0 Å². The summed E-state index contributed by atoms with van der Waals surface area (Å²) >= 11 is 0. The second-order valence-corrected chi connectivity index (χ2v) is 11.2. The molecule has 0 amide bonds. The summed E-state index contributed by atoms with van der Waals surface area (Å²) in [6.07, 6.45) is 1.95. The number of furan rings is 3. The zero-order valence-corrected chi connectivity index (χ0v) is 23.3. The maximum Gasteiger partial charge on any atom is 0.137 e. The Kier molecular flexibility index (Phi) is 4.66. The topological polar surface area (TPSA) is 55.6 Å². The molecule has 10 rings (SSSR count). The van der Waals surface area contributed by atoms with E-state index in [1.165, 1.54) is 0 Å². The van der Waals surface area contributed by atoms with Crippen molar-refractivity contribution in [2.75, 3.05) is 4.90 Å². The Morgan fingerprint density at radius 1 is 0.409 bits per heavy atom. The standard InChI is InChI=1S/C39H22N2O3/c1-4-10-32-27(7-1)29-16-14-25(21-37(29)44-32)41(24-15-18-35-31(20-24)28-8-2-5-11-33(28)42-35)26-19-23-13-17-36-38(39(23)40-22-26)30-9-3-6-12-34(30)43-36/h1-22H. The first-order chi connectivity index (χ1) is 21.8. The molecule has 10 aromatic rings. The second-order valence-electron chi connectivity index (χ2n) is 11.2. The number of nitrogens with zero attached hydrogens (tertiary/aromatic N) is 2. The Morgan fingerprint density at radius 3 is 1.80 bits per heavy atom. The summed E-state index contributed by atoms with van der Waals surface area (Å²) in [6, 6.07) is 43.5. The van der Waals surface area contributed by atoms with Gasteiger partial charge in [-0.3, -0.25) is 4.98 Å². The molecule has 0 radical (unpaired) electrons. The molecule has 6 aromatic carbocycles. The predicted octanol–water partition coefficient (Wildman–Crippen LogP) is 11.4. The number of hydrogen-bond donors (Lipinski definition) is 0. The molecule has 206 valence electrons. The van der Waals surface area contributed by atoms with Crippen molar-refractivity contribution < 1.29 is 13.3 Å². The van der Waals surface area contributed by atoms with E-state index in [2.05, 4.69) is 65.6 Å². The zero-order valence-electron chi connectivity index (χ0n) is 23.3. The van der Waals surface area contributed by atoms with Crippen LogP contribution in [0.1, 0.15) is 0 Å². The summed E-state index contributed by atoms with van der Waals surface area (Å²) in [4.78, 5) is 7.29. The number of benzene rings is 6. The van der Waals surface area contributed by atoms with Crippen molar-refractivity contribution in [3.05, 3.63) is 134 Å². The van der Waals surface area contributed by atoms with Crippen LogP contribution in [0.3, 0.4) is 0 Å². The summed E-state index contributed by atoms with van der Waals surface area (Å²) in [5.74, 6) is 0. The van der Waals surface area contributed by atoms with Crippen molar-refractivity contribution >= 4 is 93.8 Å². The van der Waals surface area contributed by atoms with Crippen LogP contribution in [0.25, 0.3) is 76.7 Å². The third-order valence-electron chi connectivity index (χ3n) is 8.67. The quantitative estimate of drug-likeness (QED) is 0.213. The summed E-state index contributed by atoms with van der Waals surface area (Å²) in [7, 11) is 0. The van der Waals surface area contributed by atoms with Gasteiger partial charge in [0.05, 0.1) is 22.8 Å². The summed E-state index contributed by atoms with van der Waals surface area (Å²) in [5, 5.41) is 7.48. The molecule has 4 heterocycles. The molecule has 44 heavy (non-hydrogen) atoms. The number of aromatic nitrogens is 1. The SMILES string of the molecule is c1ccc2c(c1)oc1cc(N(c3cnc4c(ccc5oc6ccccc6c54)c3)c3ccc4oc5ccccc5c4c3)ccc12. The average Bonchev–Trinajstić information content (AvgIpc) is 3.75. The predicted molar refractivity (Wildman–Crippen MR) is 178 cm³/mol. The highest BCUT2D eigenvalue weighted by Crippen LogP contribution is 2.42. The van der Waals surface area contributed by atoms with Gasteiger partial charge in [-0.15, -0.1) is 0 Å². The Hall–Kier alpha value is -6.07. The molecule has 5 heteroatoms. The number of rotatable bonds is 3. The van der Waals surface area contributed by atoms with Crippen LogP contribution < -0.4 is 4.90 Å². The van der Waals surface area contributed by atoms with Crippen LogP contribution in [0, 0.1) is 0 Å². The number of pyridine rings is 1. The van der Waals surface area contributed by atoms with E-state index >= 15 is 0 Å². The molecule has 0 aliphatic carbocycles. The van der Waals surface area contributed by atoms with Crippen molar-refractivity contribution in [3.8, 4) is 0 Å². The normalized spacial score (nSPS) is 12.1. The summed E-state index contributed by atoms with van der Waals surface area (Å²) in [6.45, 7) is 0. The average molecular weight is 567 g/mol. The fraction of sp³-hybridized carbons (Fsp3) is 0. The zero-order chi connectivity index (χ0) is 28.8.